The second-order valence-electron chi connectivity index (χ2n) is 4.31. The topological polar surface area (TPSA) is 24.1 Å². The van der Waals surface area contributed by atoms with Crippen LogP contribution in [0.2, 0.25) is 11.1 Å². The largest absolute Gasteiger partial charge is 0.327 e. The van der Waals surface area contributed by atoms with Crippen LogP contribution in [0.3, 0.4) is 0 Å². The maximum absolute atomic E-state index is 3.64. The molecule has 0 heterocycles. The van der Waals surface area contributed by atoms with E-state index in [4.69, 9.17) is 0 Å². The predicted molar refractivity (Wildman–Crippen MR) is 59.0 cm³/mol. The molecule has 0 aromatic carbocycles. The van der Waals surface area contributed by atoms with Gasteiger partial charge in [0.05, 0.1) is 0 Å². The molecule has 1 unspecified atom stereocenters. The summed E-state index contributed by atoms with van der Waals surface area (Å²) in [6.45, 7) is 13.5. The van der Waals surface area contributed by atoms with Crippen molar-refractivity contribution in [2.75, 3.05) is 13.2 Å². The Labute approximate surface area is 78.8 Å². The van der Waals surface area contributed by atoms with Gasteiger partial charge >= 0.3 is 0 Å². The zero-order valence-corrected chi connectivity index (χ0v) is 10.4. The quantitative estimate of drug-likeness (QED) is 0.390. The Bertz CT molecular complexity index is 110. The molecule has 0 aliphatic heterocycles. The number of hydrogen-bond acceptors (Lipinski definition) is 2. The summed E-state index contributed by atoms with van der Waals surface area (Å²) in [5, 5.41) is 3.81. The van der Waals surface area contributed by atoms with E-state index in [1.807, 2.05) is 0 Å². The normalized spacial score (nSPS) is 14.8. The lowest BCUT2D eigenvalue weighted by molar-refractivity contribution is 0.653. The van der Waals surface area contributed by atoms with E-state index in [0.717, 1.165) is 13.2 Å². The predicted octanol–water partition coefficient (Wildman–Crippen LogP) is 1.69. The minimum absolute atomic E-state index is 0.504. The maximum atomic E-state index is 3.64. The second kappa shape index (κ2) is 5.73. The van der Waals surface area contributed by atoms with Crippen molar-refractivity contribution in [2.24, 2.45) is 0 Å². The molecular weight excluding hydrogens is 164 g/mol. The van der Waals surface area contributed by atoms with Gasteiger partial charge in [-0.3, -0.25) is 0 Å². The highest BCUT2D eigenvalue weighted by atomic mass is 28.3. The molecule has 0 rings (SSSR count). The van der Waals surface area contributed by atoms with Crippen LogP contribution in [0.25, 0.3) is 0 Å². The lowest BCUT2D eigenvalue weighted by atomic mass is 10.2. The SMILES string of the molecule is CCNCN[SiH](CC)C(C)(C)C. The fourth-order valence-corrected chi connectivity index (χ4v) is 3.90. The summed E-state index contributed by atoms with van der Waals surface area (Å²) in [5.74, 6) is 0. The monoisotopic (exact) mass is 188 g/mol. The van der Waals surface area contributed by atoms with Gasteiger partial charge in [-0.1, -0.05) is 34.6 Å². The Morgan fingerprint density at radius 2 is 1.75 bits per heavy atom. The Morgan fingerprint density at radius 3 is 2.08 bits per heavy atom. The summed E-state index contributed by atoms with van der Waals surface area (Å²) in [6.07, 6.45) is 0. The van der Waals surface area contributed by atoms with Crippen LogP contribution >= 0.6 is 0 Å². The average molecular weight is 188 g/mol. The highest BCUT2D eigenvalue weighted by molar-refractivity contribution is 6.59. The molecule has 2 nitrogen and oxygen atoms in total. The third-order valence-corrected chi connectivity index (χ3v) is 5.78. The molecule has 0 bridgehead atoms. The lowest BCUT2D eigenvalue weighted by Gasteiger charge is -2.29. The van der Waals surface area contributed by atoms with E-state index in [9.17, 15) is 0 Å². The van der Waals surface area contributed by atoms with Gasteiger partial charge in [0.15, 0.2) is 0 Å². The zero-order valence-electron chi connectivity index (χ0n) is 9.20. The molecule has 0 saturated carbocycles. The van der Waals surface area contributed by atoms with Crippen molar-refractivity contribution in [2.45, 2.75) is 45.7 Å². The fourth-order valence-electron chi connectivity index (χ4n) is 1.38. The summed E-state index contributed by atoms with van der Waals surface area (Å²) < 4.78 is 0. The summed E-state index contributed by atoms with van der Waals surface area (Å²) in [5.41, 5.74) is 0. The molecule has 1 atom stereocenters. The first-order valence-electron chi connectivity index (χ1n) is 4.96. The minimum Gasteiger partial charge on any atom is -0.327 e. The van der Waals surface area contributed by atoms with Gasteiger partial charge in [0.1, 0.15) is 8.96 Å². The van der Waals surface area contributed by atoms with Crippen LogP contribution in [0.15, 0.2) is 0 Å². The molecule has 0 radical (unpaired) electrons. The van der Waals surface area contributed by atoms with Gasteiger partial charge in [0.25, 0.3) is 0 Å². The van der Waals surface area contributed by atoms with Crippen LogP contribution in [0.5, 0.6) is 0 Å². The molecule has 2 N–H and O–H groups in total. The second-order valence-corrected chi connectivity index (χ2v) is 8.37. The highest BCUT2D eigenvalue weighted by Crippen LogP contribution is 2.26. The van der Waals surface area contributed by atoms with E-state index in [2.05, 4.69) is 44.9 Å². The summed E-state index contributed by atoms with van der Waals surface area (Å²) in [4.78, 5) is 3.64. The summed E-state index contributed by atoms with van der Waals surface area (Å²) >= 11 is 0. The maximum Gasteiger partial charge on any atom is 0.115 e. The first kappa shape index (κ1) is 12.1. The molecule has 0 saturated heterocycles. The Kier molecular flexibility index (Phi) is 5.79. The van der Waals surface area contributed by atoms with Gasteiger partial charge in [0, 0.05) is 6.67 Å². The van der Waals surface area contributed by atoms with Crippen molar-refractivity contribution < 1.29 is 0 Å². The van der Waals surface area contributed by atoms with E-state index < -0.39 is 8.96 Å². The van der Waals surface area contributed by atoms with E-state index >= 15 is 0 Å². The van der Waals surface area contributed by atoms with Crippen molar-refractivity contribution in [1.82, 2.24) is 10.3 Å². The Balaban J connectivity index is 3.68. The van der Waals surface area contributed by atoms with Crippen LogP contribution < -0.4 is 10.3 Å². The Morgan fingerprint density at radius 1 is 1.17 bits per heavy atom. The van der Waals surface area contributed by atoms with Gasteiger partial charge < -0.3 is 10.3 Å². The van der Waals surface area contributed by atoms with Gasteiger partial charge in [-0.25, -0.2) is 0 Å². The van der Waals surface area contributed by atoms with Crippen molar-refractivity contribution >= 4 is 8.96 Å². The first-order valence-corrected chi connectivity index (χ1v) is 6.93. The third kappa shape index (κ3) is 4.90. The summed E-state index contributed by atoms with van der Waals surface area (Å²) in [6, 6.07) is 1.33. The lowest BCUT2D eigenvalue weighted by Crippen LogP contribution is -2.45. The highest BCUT2D eigenvalue weighted by Gasteiger charge is 2.23. The van der Waals surface area contributed by atoms with Crippen molar-refractivity contribution in [3.05, 3.63) is 0 Å². The van der Waals surface area contributed by atoms with Gasteiger partial charge in [-0.05, 0) is 17.6 Å². The molecular formula is C9H24N2Si. The number of nitrogens with one attached hydrogen (secondary N) is 2. The average Bonchev–Trinajstić information content (AvgIpc) is 1.95. The molecule has 0 aromatic rings. The van der Waals surface area contributed by atoms with Gasteiger partial charge in [-0.15, -0.1) is 0 Å². The molecule has 74 valence electrons. The van der Waals surface area contributed by atoms with Gasteiger partial charge in [-0.2, -0.15) is 0 Å². The van der Waals surface area contributed by atoms with E-state index in [1.165, 1.54) is 6.04 Å². The number of rotatable bonds is 5. The molecule has 0 aromatic heterocycles. The summed E-state index contributed by atoms with van der Waals surface area (Å²) in [7, 11) is -0.745. The number of hydrogen-bond donors (Lipinski definition) is 2. The van der Waals surface area contributed by atoms with Gasteiger partial charge in [0.2, 0.25) is 0 Å². The van der Waals surface area contributed by atoms with E-state index in [1.54, 1.807) is 0 Å². The molecule has 0 fully saturated rings. The third-order valence-electron chi connectivity index (χ3n) is 2.18. The van der Waals surface area contributed by atoms with E-state index in [-0.39, 0.29) is 0 Å². The molecule has 3 heteroatoms. The van der Waals surface area contributed by atoms with Crippen molar-refractivity contribution in [3.63, 3.8) is 0 Å². The Hall–Kier alpha value is 0.137. The van der Waals surface area contributed by atoms with Crippen LogP contribution in [-0.4, -0.2) is 22.2 Å². The first-order chi connectivity index (χ1) is 5.52. The van der Waals surface area contributed by atoms with Crippen LogP contribution in [0.4, 0.5) is 0 Å². The molecule has 0 amide bonds. The zero-order chi connectivity index (χ0) is 9.61. The molecule has 0 aliphatic carbocycles. The van der Waals surface area contributed by atoms with E-state index in [0.29, 0.717) is 5.04 Å². The van der Waals surface area contributed by atoms with Crippen LogP contribution in [0, 0.1) is 0 Å². The standard InChI is InChI=1S/C9H24N2Si/c1-6-10-8-11-12(7-2)9(3,4)5/h10-12H,6-8H2,1-5H3. The molecule has 0 spiro atoms. The smallest absolute Gasteiger partial charge is 0.115 e. The molecule has 0 aliphatic rings. The molecule has 12 heavy (non-hydrogen) atoms. The van der Waals surface area contributed by atoms with Crippen molar-refractivity contribution in [1.29, 1.82) is 0 Å². The van der Waals surface area contributed by atoms with Crippen molar-refractivity contribution in [3.8, 4) is 0 Å². The van der Waals surface area contributed by atoms with Crippen LogP contribution in [0.1, 0.15) is 34.6 Å². The fraction of sp³-hybridized carbons (Fsp3) is 1.00. The minimum atomic E-state index is -0.745. The van der Waals surface area contributed by atoms with Crippen LogP contribution in [-0.2, 0) is 0 Å².